The van der Waals surface area contributed by atoms with Crippen LogP contribution < -0.4 is 0 Å². The van der Waals surface area contributed by atoms with Gasteiger partial charge in [0.2, 0.25) is 5.78 Å². The van der Waals surface area contributed by atoms with Crippen LogP contribution in [-0.2, 0) is 4.79 Å². The zero-order valence-corrected chi connectivity index (χ0v) is 12.1. The first-order valence-electron chi connectivity index (χ1n) is 5.77. The Morgan fingerprint density at radius 2 is 1.84 bits per heavy atom. The highest BCUT2D eigenvalue weighted by molar-refractivity contribution is 6.84. The van der Waals surface area contributed by atoms with Crippen LogP contribution in [-0.4, -0.2) is 18.8 Å². The third kappa shape index (κ3) is 5.79. The largest absolute Gasteiger partial charge is 0.280 e. The van der Waals surface area contributed by atoms with Gasteiger partial charge in [-0.25, -0.2) is 0 Å². The first-order valence-corrected chi connectivity index (χ1v) is 9.27. The molecule has 5 heteroatoms. The molecule has 0 radical (unpaired) electrons. The van der Waals surface area contributed by atoms with Gasteiger partial charge in [-0.15, -0.1) is 5.54 Å². The summed E-state index contributed by atoms with van der Waals surface area (Å²) in [5, 5.41) is 10.5. The average molecular weight is 273 g/mol. The molecule has 0 heterocycles. The second-order valence-electron chi connectivity index (χ2n) is 5.05. The second-order valence-corrected chi connectivity index (χ2v) is 9.80. The van der Waals surface area contributed by atoms with E-state index in [0.29, 0.717) is 0 Å². The van der Waals surface area contributed by atoms with E-state index < -0.39 is 13.0 Å². The molecule has 1 aromatic carbocycles. The van der Waals surface area contributed by atoms with Crippen molar-refractivity contribution < 1.29 is 9.72 Å². The van der Waals surface area contributed by atoms with Crippen LogP contribution in [0, 0.1) is 21.6 Å². The van der Waals surface area contributed by atoms with E-state index in [4.69, 9.17) is 0 Å². The summed E-state index contributed by atoms with van der Waals surface area (Å²) in [5.74, 6) is 2.35. The van der Waals surface area contributed by atoms with Crippen LogP contribution in [0.25, 0.3) is 6.08 Å². The zero-order chi connectivity index (χ0) is 14.5. The van der Waals surface area contributed by atoms with Crippen LogP contribution in [0.2, 0.25) is 19.6 Å². The summed E-state index contributed by atoms with van der Waals surface area (Å²) in [4.78, 5) is 21.5. The van der Waals surface area contributed by atoms with Crippen LogP contribution >= 0.6 is 0 Å². The average Bonchev–Trinajstić information content (AvgIpc) is 2.33. The molecule has 0 aliphatic heterocycles. The molecule has 98 valence electrons. The van der Waals surface area contributed by atoms with Crippen molar-refractivity contribution in [3.05, 3.63) is 46.0 Å². The van der Waals surface area contributed by atoms with Crippen molar-refractivity contribution in [3.63, 3.8) is 0 Å². The summed E-state index contributed by atoms with van der Waals surface area (Å²) >= 11 is 0. The third-order valence-electron chi connectivity index (χ3n) is 2.09. The number of allylic oxidation sites excluding steroid dienone is 1. The molecule has 0 aromatic heterocycles. The predicted octanol–water partition coefficient (Wildman–Crippen LogP) is 3.06. The van der Waals surface area contributed by atoms with E-state index in [1.807, 2.05) is 0 Å². The van der Waals surface area contributed by atoms with Gasteiger partial charge in [-0.3, -0.25) is 14.9 Å². The number of carbonyl (C=O) groups excluding carboxylic acids is 1. The minimum atomic E-state index is -1.54. The standard InChI is InChI=1S/C14H15NO3Si/c1-19(2,3)11-10-14(16)9-6-12-4-7-13(8-5-12)15(17)18/h4-9H,1-3H3/b9-6+. The molecule has 0 amide bonds. The van der Waals surface area contributed by atoms with Crippen LogP contribution in [0.4, 0.5) is 5.69 Å². The van der Waals surface area contributed by atoms with Crippen LogP contribution in [0.5, 0.6) is 0 Å². The molecule has 0 saturated carbocycles. The number of carbonyl (C=O) groups is 1. The highest BCUT2D eigenvalue weighted by Gasteiger charge is 2.07. The van der Waals surface area contributed by atoms with E-state index in [1.54, 1.807) is 18.2 Å². The molecule has 4 nitrogen and oxygen atoms in total. The van der Waals surface area contributed by atoms with E-state index in [1.165, 1.54) is 18.2 Å². The maximum atomic E-state index is 11.5. The Balaban J connectivity index is 2.73. The molecule has 1 aromatic rings. The summed E-state index contributed by atoms with van der Waals surface area (Å²) in [5.41, 5.74) is 3.74. The molecular weight excluding hydrogens is 258 g/mol. The van der Waals surface area contributed by atoms with Crippen LogP contribution in [0.1, 0.15) is 5.56 Å². The van der Waals surface area contributed by atoms with Crippen molar-refractivity contribution in [2.75, 3.05) is 0 Å². The van der Waals surface area contributed by atoms with E-state index in [2.05, 4.69) is 31.1 Å². The van der Waals surface area contributed by atoms with Gasteiger partial charge >= 0.3 is 0 Å². The number of hydrogen-bond acceptors (Lipinski definition) is 3. The lowest BCUT2D eigenvalue weighted by atomic mass is 10.2. The van der Waals surface area contributed by atoms with Crippen molar-refractivity contribution in [1.82, 2.24) is 0 Å². The Labute approximate surface area is 113 Å². The number of nitro benzene ring substituents is 1. The van der Waals surface area contributed by atoms with E-state index in [9.17, 15) is 14.9 Å². The maximum absolute atomic E-state index is 11.5. The van der Waals surface area contributed by atoms with Crippen molar-refractivity contribution in [2.24, 2.45) is 0 Å². The van der Waals surface area contributed by atoms with Gasteiger partial charge in [-0.2, -0.15) is 0 Å². The summed E-state index contributed by atoms with van der Waals surface area (Å²) < 4.78 is 0. The predicted molar refractivity (Wildman–Crippen MR) is 78.3 cm³/mol. The lowest BCUT2D eigenvalue weighted by Gasteiger charge is -2.02. The molecule has 0 N–H and O–H groups in total. The number of nitrogens with zero attached hydrogens (tertiary/aromatic N) is 1. The Hall–Kier alpha value is -2.19. The highest BCUT2D eigenvalue weighted by Crippen LogP contribution is 2.12. The molecule has 0 fully saturated rings. The molecular formula is C14H15NO3Si. The molecule has 19 heavy (non-hydrogen) atoms. The van der Waals surface area contributed by atoms with E-state index >= 15 is 0 Å². The Kier molecular flexibility index (Phi) is 4.78. The fraction of sp³-hybridized carbons (Fsp3) is 0.214. The molecule has 0 aliphatic carbocycles. The summed E-state index contributed by atoms with van der Waals surface area (Å²) in [6.07, 6.45) is 2.99. The van der Waals surface area contributed by atoms with Gasteiger partial charge < -0.3 is 0 Å². The number of ketones is 1. The SMILES string of the molecule is C[Si](C)(C)C#CC(=O)/C=C/c1ccc([N+](=O)[O-])cc1. The third-order valence-corrected chi connectivity index (χ3v) is 2.97. The van der Waals surface area contributed by atoms with Gasteiger partial charge in [0, 0.05) is 12.1 Å². The van der Waals surface area contributed by atoms with Crippen molar-refractivity contribution in [1.29, 1.82) is 0 Å². The molecule has 0 unspecified atom stereocenters. The topological polar surface area (TPSA) is 60.2 Å². The van der Waals surface area contributed by atoms with E-state index in [0.717, 1.165) is 5.56 Å². The summed E-state index contributed by atoms with van der Waals surface area (Å²) in [6, 6.07) is 5.98. The molecule has 0 bridgehead atoms. The molecule has 0 atom stereocenters. The second kappa shape index (κ2) is 6.11. The van der Waals surface area contributed by atoms with Gasteiger partial charge in [-0.1, -0.05) is 25.7 Å². The van der Waals surface area contributed by atoms with Crippen LogP contribution in [0.15, 0.2) is 30.3 Å². The smallest absolute Gasteiger partial charge is 0.269 e. The first kappa shape index (κ1) is 14.9. The lowest BCUT2D eigenvalue weighted by Crippen LogP contribution is -2.16. The Morgan fingerprint density at radius 3 is 2.32 bits per heavy atom. The Bertz CT molecular complexity index is 571. The maximum Gasteiger partial charge on any atom is 0.269 e. The molecule has 0 saturated heterocycles. The monoisotopic (exact) mass is 273 g/mol. The van der Waals surface area contributed by atoms with Gasteiger partial charge in [0.05, 0.1) is 4.92 Å². The fourth-order valence-corrected chi connectivity index (χ4v) is 1.67. The van der Waals surface area contributed by atoms with Crippen molar-refractivity contribution in [3.8, 4) is 11.5 Å². The quantitative estimate of drug-likeness (QED) is 0.279. The fourth-order valence-electron chi connectivity index (χ4n) is 1.17. The van der Waals surface area contributed by atoms with Gasteiger partial charge in [0.1, 0.15) is 8.07 Å². The van der Waals surface area contributed by atoms with Crippen molar-refractivity contribution in [2.45, 2.75) is 19.6 Å². The zero-order valence-electron chi connectivity index (χ0n) is 11.1. The van der Waals surface area contributed by atoms with Crippen LogP contribution in [0.3, 0.4) is 0 Å². The highest BCUT2D eigenvalue weighted by atomic mass is 28.3. The normalized spacial score (nSPS) is 10.9. The first-order chi connectivity index (χ1) is 8.78. The summed E-state index contributed by atoms with van der Waals surface area (Å²) in [6.45, 7) is 6.19. The number of rotatable bonds is 3. The number of nitro groups is 1. The van der Waals surface area contributed by atoms with E-state index in [-0.39, 0.29) is 11.5 Å². The number of hydrogen-bond donors (Lipinski definition) is 0. The van der Waals surface area contributed by atoms with Gasteiger partial charge in [-0.05, 0) is 29.7 Å². The lowest BCUT2D eigenvalue weighted by molar-refractivity contribution is -0.384. The Morgan fingerprint density at radius 1 is 1.26 bits per heavy atom. The molecule has 0 spiro atoms. The molecule has 0 aliphatic rings. The minimum absolute atomic E-state index is 0.0296. The number of benzene rings is 1. The van der Waals surface area contributed by atoms with Gasteiger partial charge in [0.25, 0.3) is 5.69 Å². The minimum Gasteiger partial charge on any atom is -0.280 e. The molecule has 1 rings (SSSR count). The van der Waals surface area contributed by atoms with Crippen molar-refractivity contribution >= 4 is 25.6 Å². The number of non-ortho nitro benzene ring substituents is 1. The van der Waals surface area contributed by atoms with Gasteiger partial charge in [0.15, 0.2) is 0 Å². The summed E-state index contributed by atoms with van der Waals surface area (Å²) in [7, 11) is -1.54.